The molecule has 0 amide bonds. The van der Waals surface area contributed by atoms with Crippen LogP contribution in [0.4, 0.5) is 17.1 Å². The zero-order valence-electron chi connectivity index (χ0n) is 38.6. The van der Waals surface area contributed by atoms with E-state index in [1.54, 1.807) is 0 Å². The van der Waals surface area contributed by atoms with E-state index < -0.39 is 5.41 Å². The largest absolute Gasteiger partial charge is 0.310 e. The molecule has 0 N–H and O–H groups in total. The van der Waals surface area contributed by atoms with Gasteiger partial charge in [-0.05, 0) is 142 Å². The molecule has 0 unspecified atom stereocenters. The van der Waals surface area contributed by atoms with Gasteiger partial charge in [0.05, 0.1) is 11.1 Å². The number of benzene rings is 11. The molecular weight excluding hydrogens is 831 g/mol. The number of hydrogen-bond acceptors (Lipinski definition) is 1. The summed E-state index contributed by atoms with van der Waals surface area (Å²) in [6, 6.07) is 93.3. The van der Waals surface area contributed by atoms with Gasteiger partial charge in [-0.15, -0.1) is 0 Å². The summed E-state index contributed by atoms with van der Waals surface area (Å²) in [7, 11) is 0. The summed E-state index contributed by atoms with van der Waals surface area (Å²) in [6.45, 7) is 4.76. The Morgan fingerprint density at radius 1 is 0.290 bits per heavy atom. The van der Waals surface area contributed by atoms with Gasteiger partial charge in [0.1, 0.15) is 0 Å². The van der Waals surface area contributed by atoms with E-state index in [2.05, 4.69) is 267 Å². The minimum atomic E-state index is -0.488. The highest BCUT2D eigenvalue weighted by molar-refractivity contribution is 6.04. The molecule has 1 heteroatoms. The molecular formula is C68H47N. The lowest BCUT2D eigenvalue weighted by Gasteiger charge is -2.33. The van der Waals surface area contributed by atoms with Crippen molar-refractivity contribution in [2.75, 3.05) is 4.90 Å². The quantitative estimate of drug-likeness (QED) is 0.161. The second-order valence-electron chi connectivity index (χ2n) is 19.5. The molecule has 3 aliphatic carbocycles. The van der Waals surface area contributed by atoms with Crippen molar-refractivity contribution in [1.29, 1.82) is 0 Å². The van der Waals surface area contributed by atoms with Crippen LogP contribution in [0, 0.1) is 0 Å². The molecule has 14 rings (SSSR count). The smallest absolute Gasteiger partial charge is 0.0726 e. The fourth-order valence-corrected chi connectivity index (χ4v) is 12.7. The minimum absolute atomic E-state index is 0.126. The van der Waals surface area contributed by atoms with Gasteiger partial charge < -0.3 is 4.90 Å². The van der Waals surface area contributed by atoms with Gasteiger partial charge in [0.25, 0.3) is 0 Å². The summed E-state index contributed by atoms with van der Waals surface area (Å²) >= 11 is 0. The van der Waals surface area contributed by atoms with Gasteiger partial charge in [-0.3, -0.25) is 0 Å². The van der Waals surface area contributed by atoms with Crippen LogP contribution in [-0.2, 0) is 10.8 Å². The fraction of sp³-hybridized carbons (Fsp3) is 0.0588. The molecule has 324 valence electrons. The lowest BCUT2D eigenvalue weighted by molar-refractivity contribution is 0.660. The van der Waals surface area contributed by atoms with Crippen LogP contribution in [0.2, 0.25) is 0 Å². The third-order valence-electron chi connectivity index (χ3n) is 15.7. The standard InChI is InChI=1S/C68H47N/c1-67(2)59-31-15-11-26-52(59)56-38-36-47(41-63(56)67)58-42-49(40-46-24-9-10-25-50(46)58)69(65-35-19-30-51(44-20-5-3-6-21-44)66(65)45-22-7-4-8-23-45)48-37-39-57-55-29-14-18-34-62(55)68(64(57)43-48)60-32-16-12-27-53(60)54-28-13-17-33-61(54)68/h3-43H,1-2H3. The topological polar surface area (TPSA) is 3.24 Å². The first kappa shape index (κ1) is 39.6. The van der Waals surface area contributed by atoms with Gasteiger partial charge in [-0.2, -0.15) is 0 Å². The van der Waals surface area contributed by atoms with E-state index in [0.717, 1.165) is 17.1 Å². The Balaban J connectivity index is 1.07. The molecule has 3 aliphatic rings. The molecule has 0 fully saturated rings. The molecule has 11 aromatic carbocycles. The zero-order chi connectivity index (χ0) is 45.8. The van der Waals surface area contributed by atoms with E-state index in [0.29, 0.717) is 0 Å². The number of hydrogen-bond donors (Lipinski definition) is 0. The lowest BCUT2D eigenvalue weighted by atomic mass is 9.70. The fourth-order valence-electron chi connectivity index (χ4n) is 12.7. The third kappa shape index (κ3) is 5.65. The normalized spacial score (nSPS) is 13.9. The van der Waals surface area contributed by atoms with Crippen LogP contribution < -0.4 is 4.90 Å². The van der Waals surface area contributed by atoms with E-state index in [-0.39, 0.29) is 5.41 Å². The van der Waals surface area contributed by atoms with Gasteiger partial charge >= 0.3 is 0 Å². The number of anilines is 3. The van der Waals surface area contributed by atoms with Crippen molar-refractivity contribution in [3.05, 3.63) is 282 Å². The van der Waals surface area contributed by atoms with E-state index in [1.807, 2.05) is 0 Å². The molecule has 1 nitrogen and oxygen atoms in total. The molecule has 0 saturated carbocycles. The van der Waals surface area contributed by atoms with Gasteiger partial charge in [0.2, 0.25) is 0 Å². The summed E-state index contributed by atoms with van der Waals surface area (Å²) in [5.41, 5.74) is 25.8. The van der Waals surface area contributed by atoms with Gasteiger partial charge in [0.15, 0.2) is 0 Å². The third-order valence-corrected chi connectivity index (χ3v) is 15.7. The van der Waals surface area contributed by atoms with Crippen molar-refractivity contribution in [3.63, 3.8) is 0 Å². The second-order valence-corrected chi connectivity index (χ2v) is 19.5. The highest BCUT2D eigenvalue weighted by atomic mass is 15.1. The molecule has 0 aromatic heterocycles. The number of rotatable bonds is 6. The number of fused-ring (bicyclic) bond motifs is 14. The molecule has 0 atom stereocenters. The van der Waals surface area contributed by atoms with Crippen LogP contribution >= 0.6 is 0 Å². The highest BCUT2D eigenvalue weighted by Crippen LogP contribution is 2.63. The Morgan fingerprint density at radius 3 is 1.46 bits per heavy atom. The monoisotopic (exact) mass is 877 g/mol. The molecule has 1 spiro atoms. The lowest BCUT2D eigenvalue weighted by Crippen LogP contribution is -2.26. The van der Waals surface area contributed by atoms with Crippen LogP contribution in [0.1, 0.15) is 47.2 Å². The Labute approximate surface area is 404 Å². The van der Waals surface area contributed by atoms with E-state index in [9.17, 15) is 0 Å². The minimum Gasteiger partial charge on any atom is -0.310 e. The van der Waals surface area contributed by atoms with Crippen LogP contribution in [0.5, 0.6) is 0 Å². The summed E-state index contributed by atoms with van der Waals surface area (Å²) in [4.78, 5) is 2.56. The predicted octanol–water partition coefficient (Wildman–Crippen LogP) is 18.0. The summed E-state index contributed by atoms with van der Waals surface area (Å²) in [6.07, 6.45) is 0. The summed E-state index contributed by atoms with van der Waals surface area (Å²) in [5, 5.41) is 2.43. The first-order valence-electron chi connectivity index (χ1n) is 24.3. The summed E-state index contributed by atoms with van der Waals surface area (Å²) < 4.78 is 0. The van der Waals surface area contributed by atoms with E-state index in [1.165, 1.54) is 111 Å². The highest BCUT2D eigenvalue weighted by Gasteiger charge is 2.51. The first-order chi connectivity index (χ1) is 34.0. The Hall–Kier alpha value is -8.52. The molecule has 11 aromatic rings. The maximum atomic E-state index is 2.56. The van der Waals surface area contributed by atoms with E-state index in [4.69, 9.17) is 0 Å². The molecule has 0 radical (unpaired) electrons. The molecule has 0 aliphatic heterocycles. The van der Waals surface area contributed by atoms with Crippen molar-refractivity contribution in [3.8, 4) is 66.8 Å². The zero-order valence-corrected chi connectivity index (χ0v) is 38.6. The maximum Gasteiger partial charge on any atom is 0.0726 e. The Morgan fingerprint density at radius 2 is 0.797 bits per heavy atom. The van der Waals surface area contributed by atoms with Crippen molar-refractivity contribution in [2.45, 2.75) is 24.7 Å². The molecule has 0 heterocycles. The second kappa shape index (κ2) is 15.0. The van der Waals surface area contributed by atoms with Crippen molar-refractivity contribution < 1.29 is 0 Å². The van der Waals surface area contributed by atoms with Crippen LogP contribution in [0.25, 0.3) is 77.5 Å². The molecule has 0 bridgehead atoms. The van der Waals surface area contributed by atoms with Crippen molar-refractivity contribution in [1.82, 2.24) is 0 Å². The van der Waals surface area contributed by atoms with Gasteiger partial charge in [-0.1, -0.05) is 226 Å². The average Bonchev–Trinajstić information content (AvgIpc) is 3.97. The van der Waals surface area contributed by atoms with Gasteiger partial charge in [-0.25, -0.2) is 0 Å². The predicted molar refractivity (Wildman–Crippen MR) is 289 cm³/mol. The van der Waals surface area contributed by atoms with Crippen LogP contribution in [-0.4, -0.2) is 0 Å². The number of nitrogens with zero attached hydrogens (tertiary/aromatic N) is 1. The van der Waals surface area contributed by atoms with Crippen molar-refractivity contribution >= 4 is 27.8 Å². The Bertz CT molecular complexity index is 3810. The van der Waals surface area contributed by atoms with Crippen molar-refractivity contribution in [2.24, 2.45) is 0 Å². The molecule has 0 saturated heterocycles. The maximum absolute atomic E-state index is 2.56. The average molecular weight is 878 g/mol. The Kier molecular flexibility index (Phi) is 8.61. The van der Waals surface area contributed by atoms with Crippen LogP contribution in [0.15, 0.2) is 249 Å². The first-order valence-corrected chi connectivity index (χ1v) is 24.3. The van der Waals surface area contributed by atoms with Crippen LogP contribution in [0.3, 0.4) is 0 Å². The van der Waals surface area contributed by atoms with E-state index >= 15 is 0 Å². The van der Waals surface area contributed by atoms with Gasteiger partial charge in [0, 0.05) is 22.4 Å². The molecule has 69 heavy (non-hydrogen) atoms. The summed E-state index contributed by atoms with van der Waals surface area (Å²) in [5.74, 6) is 0. The SMILES string of the molecule is CC1(C)c2ccccc2-c2ccc(-c3cc(N(c4ccc5c(c4)C4(c6ccccc6-c6ccccc64)c4ccccc4-5)c4cccc(-c5ccccc5)c4-c4ccccc4)cc4ccccc34)cc21.